The molecule has 0 aliphatic heterocycles. The highest BCUT2D eigenvalue weighted by Crippen LogP contribution is 2.25. The second-order valence-corrected chi connectivity index (χ2v) is 5.46. The van der Waals surface area contributed by atoms with Gasteiger partial charge in [-0.25, -0.2) is 0 Å². The summed E-state index contributed by atoms with van der Waals surface area (Å²) < 4.78 is 0. The van der Waals surface area contributed by atoms with Gasteiger partial charge in [0.2, 0.25) is 0 Å². The number of aliphatic hydroxyl groups is 1. The maximum absolute atomic E-state index is 9.76. The van der Waals surface area contributed by atoms with Gasteiger partial charge < -0.3 is 10.4 Å². The third-order valence-corrected chi connectivity index (χ3v) is 3.85. The summed E-state index contributed by atoms with van der Waals surface area (Å²) in [7, 11) is 0. The summed E-state index contributed by atoms with van der Waals surface area (Å²) in [4.78, 5) is 8.67. The lowest BCUT2D eigenvalue weighted by molar-refractivity contribution is 0.146. The maximum atomic E-state index is 9.76. The fourth-order valence-corrected chi connectivity index (χ4v) is 2.84. The van der Waals surface area contributed by atoms with Crippen LogP contribution < -0.4 is 5.32 Å². The molecule has 1 fully saturated rings. The number of aryl methyl sites for hydroxylation is 1. The van der Waals surface area contributed by atoms with Gasteiger partial charge in [-0.1, -0.05) is 19.3 Å². The van der Waals surface area contributed by atoms with Crippen LogP contribution in [-0.4, -0.2) is 27.7 Å². The highest BCUT2D eigenvalue weighted by molar-refractivity contribution is 5.19. The molecule has 1 aliphatic carbocycles. The van der Waals surface area contributed by atoms with Crippen molar-refractivity contribution >= 4 is 0 Å². The number of nitrogens with one attached hydrogen (secondary N) is 1. The van der Waals surface area contributed by atoms with Crippen LogP contribution in [0.15, 0.2) is 12.4 Å². The SMILES string of the molecule is Cc1nccnc1C(C)(CO)NC1CCCCC1. The van der Waals surface area contributed by atoms with Crippen molar-refractivity contribution in [3.8, 4) is 0 Å². The first-order valence-electron chi connectivity index (χ1n) is 6.82. The van der Waals surface area contributed by atoms with Gasteiger partial charge in [0.05, 0.1) is 23.5 Å². The number of rotatable bonds is 4. The Morgan fingerprint density at radius 2 is 1.94 bits per heavy atom. The smallest absolute Gasteiger partial charge is 0.0837 e. The number of aromatic nitrogens is 2. The normalized spacial score (nSPS) is 20.6. The van der Waals surface area contributed by atoms with Crippen LogP contribution in [0.25, 0.3) is 0 Å². The highest BCUT2D eigenvalue weighted by atomic mass is 16.3. The molecule has 0 aromatic carbocycles. The first-order valence-corrected chi connectivity index (χ1v) is 6.82. The van der Waals surface area contributed by atoms with E-state index in [4.69, 9.17) is 0 Å². The fraction of sp³-hybridized carbons (Fsp3) is 0.714. The van der Waals surface area contributed by atoms with Crippen LogP contribution in [0.5, 0.6) is 0 Å². The molecule has 100 valence electrons. The Morgan fingerprint density at radius 3 is 2.56 bits per heavy atom. The maximum Gasteiger partial charge on any atom is 0.0837 e. The summed E-state index contributed by atoms with van der Waals surface area (Å²) >= 11 is 0. The zero-order valence-corrected chi connectivity index (χ0v) is 11.3. The van der Waals surface area contributed by atoms with Crippen LogP contribution in [0.4, 0.5) is 0 Å². The molecule has 0 bridgehead atoms. The Hall–Kier alpha value is -1.00. The molecule has 1 aromatic heterocycles. The lowest BCUT2D eigenvalue weighted by atomic mass is 9.90. The molecule has 1 aromatic rings. The molecule has 4 heteroatoms. The first-order chi connectivity index (χ1) is 8.65. The van der Waals surface area contributed by atoms with Gasteiger partial charge in [0, 0.05) is 18.4 Å². The highest BCUT2D eigenvalue weighted by Gasteiger charge is 2.32. The van der Waals surface area contributed by atoms with Crippen molar-refractivity contribution in [3.63, 3.8) is 0 Å². The van der Waals surface area contributed by atoms with Gasteiger partial charge in [0.25, 0.3) is 0 Å². The summed E-state index contributed by atoms with van der Waals surface area (Å²) in [6.07, 6.45) is 9.65. The van der Waals surface area contributed by atoms with Crippen molar-refractivity contribution < 1.29 is 5.11 Å². The Kier molecular flexibility index (Phi) is 4.30. The van der Waals surface area contributed by atoms with E-state index in [-0.39, 0.29) is 6.61 Å². The molecule has 1 unspecified atom stereocenters. The minimum atomic E-state index is -0.486. The molecule has 0 radical (unpaired) electrons. The molecule has 2 N–H and O–H groups in total. The standard InChI is InChI=1S/C14H23N3O/c1-11-13(16-9-8-15-11)14(2,10-18)17-12-6-4-3-5-7-12/h8-9,12,17-18H,3-7,10H2,1-2H3. The van der Waals surface area contributed by atoms with E-state index in [1.165, 1.54) is 32.1 Å². The average Bonchev–Trinajstić information content (AvgIpc) is 2.40. The molecule has 1 aliphatic rings. The molecule has 4 nitrogen and oxygen atoms in total. The zero-order chi connectivity index (χ0) is 13.0. The van der Waals surface area contributed by atoms with Crippen molar-refractivity contribution in [2.24, 2.45) is 0 Å². The van der Waals surface area contributed by atoms with E-state index < -0.39 is 5.54 Å². The van der Waals surface area contributed by atoms with Gasteiger partial charge >= 0.3 is 0 Å². The van der Waals surface area contributed by atoms with Crippen LogP contribution in [0.1, 0.15) is 50.4 Å². The molecule has 1 atom stereocenters. The van der Waals surface area contributed by atoms with Gasteiger partial charge in [0.15, 0.2) is 0 Å². The van der Waals surface area contributed by atoms with Gasteiger partial charge in [0.1, 0.15) is 0 Å². The van der Waals surface area contributed by atoms with E-state index in [1.54, 1.807) is 12.4 Å². The van der Waals surface area contributed by atoms with Crippen LogP contribution >= 0.6 is 0 Å². The predicted molar refractivity (Wildman–Crippen MR) is 71.2 cm³/mol. The Morgan fingerprint density at radius 1 is 1.28 bits per heavy atom. The van der Waals surface area contributed by atoms with Crippen LogP contribution in [0.3, 0.4) is 0 Å². The molecular formula is C14H23N3O. The van der Waals surface area contributed by atoms with Crippen LogP contribution in [0.2, 0.25) is 0 Å². The zero-order valence-electron chi connectivity index (χ0n) is 11.3. The van der Waals surface area contributed by atoms with Crippen LogP contribution in [0, 0.1) is 6.92 Å². The van der Waals surface area contributed by atoms with E-state index in [0.717, 1.165) is 11.4 Å². The number of hydrogen-bond donors (Lipinski definition) is 2. The summed E-state index contributed by atoms with van der Waals surface area (Å²) in [6, 6.07) is 0.484. The van der Waals surface area contributed by atoms with Gasteiger partial charge in [-0.3, -0.25) is 9.97 Å². The number of hydrogen-bond acceptors (Lipinski definition) is 4. The average molecular weight is 249 g/mol. The van der Waals surface area contributed by atoms with Crippen molar-refractivity contribution in [2.75, 3.05) is 6.61 Å². The molecule has 1 saturated carbocycles. The summed E-state index contributed by atoms with van der Waals surface area (Å²) in [5.41, 5.74) is 1.26. The monoisotopic (exact) mass is 249 g/mol. The summed E-state index contributed by atoms with van der Waals surface area (Å²) in [6.45, 7) is 4.00. The van der Waals surface area contributed by atoms with Crippen molar-refractivity contribution in [1.29, 1.82) is 0 Å². The third-order valence-electron chi connectivity index (χ3n) is 3.85. The van der Waals surface area contributed by atoms with E-state index in [2.05, 4.69) is 15.3 Å². The molecule has 0 amide bonds. The van der Waals surface area contributed by atoms with Crippen molar-refractivity contribution in [2.45, 2.75) is 57.5 Å². The molecule has 1 heterocycles. The molecular weight excluding hydrogens is 226 g/mol. The van der Waals surface area contributed by atoms with Gasteiger partial charge in [-0.05, 0) is 26.7 Å². The second-order valence-electron chi connectivity index (χ2n) is 5.46. The van der Waals surface area contributed by atoms with E-state index in [9.17, 15) is 5.11 Å². The minimum absolute atomic E-state index is 0.0447. The number of nitrogens with zero attached hydrogens (tertiary/aromatic N) is 2. The van der Waals surface area contributed by atoms with E-state index >= 15 is 0 Å². The Labute approximate surface area is 109 Å². The predicted octanol–water partition coefficient (Wildman–Crippen LogP) is 1.91. The lowest BCUT2D eigenvalue weighted by Gasteiger charge is -2.35. The Bertz CT molecular complexity index is 390. The van der Waals surface area contributed by atoms with E-state index in [1.807, 2.05) is 13.8 Å². The van der Waals surface area contributed by atoms with Crippen LogP contribution in [-0.2, 0) is 5.54 Å². The molecule has 2 rings (SSSR count). The van der Waals surface area contributed by atoms with Gasteiger partial charge in [-0.15, -0.1) is 0 Å². The van der Waals surface area contributed by atoms with Crippen molar-refractivity contribution in [3.05, 3.63) is 23.8 Å². The lowest BCUT2D eigenvalue weighted by Crippen LogP contribution is -2.50. The van der Waals surface area contributed by atoms with E-state index in [0.29, 0.717) is 6.04 Å². The minimum Gasteiger partial charge on any atom is -0.394 e. The van der Waals surface area contributed by atoms with Gasteiger partial charge in [-0.2, -0.15) is 0 Å². The third kappa shape index (κ3) is 2.87. The first kappa shape index (κ1) is 13.4. The molecule has 0 saturated heterocycles. The Balaban J connectivity index is 2.16. The summed E-state index contributed by atoms with van der Waals surface area (Å²) in [5.74, 6) is 0. The summed E-state index contributed by atoms with van der Waals surface area (Å²) in [5, 5.41) is 13.4. The quantitative estimate of drug-likeness (QED) is 0.856. The molecule has 0 spiro atoms. The van der Waals surface area contributed by atoms with Crippen molar-refractivity contribution in [1.82, 2.24) is 15.3 Å². The topological polar surface area (TPSA) is 58.0 Å². The largest absolute Gasteiger partial charge is 0.394 e. The molecule has 18 heavy (non-hydrogen) atoms. The fourth-order valence-electron chi connectivity index (χ4n) is 2.84. The number of aliphatic hydroxyl groups excluding tert-OH is 1. The second kappa shape index (κ2) is 5.76.